The number of hydrogen-bond acceptors (Lipinski definition) is 6. The quantitative estimate of drug-likeness (QED) is 0.0578. The third-order valence-electron chi connectivity index (χ3n) is 6.78. The molecule has 0 fully saturated rings. The van der Waals surface area contributed by atoms with Gasteiger partial charge in [-0.25, -0.2) is 4.79 Å². The van der Waals surface area contributed by atoms with Gasteiger partial charge in [-0.1, -0.05) is 115 Å². The van der Waals surface area contributed by atoms with Crippen LogP contribution in [0.1, 0.15) is 136 Å². The smallest absolute Gasteiger partial charge is 0.390 e. The van der Waals surface area contributed by atoms with Crippen LogP contribution in [0.3, 0.4) is 0 Å². The molecule has 0 aromatic carbocycles. The van der Waals surface area contributed by atoms with Gasteiger partial charge in [0.05, 0.1) is 6.61 Å². The first-order valence-corrected chi connectivity index (χ1v) is 17.1. The number of rotatable bonds is 28. The first kappa shape index (κ1) is 36.6. The molecule has 2 N–H and O–H groups in total. The van der Waals surface area contributed by atoms with Gasteiger partial charge in [0.2, 0.25) is 0 Å². The first-order valence-electron chi connectivity index (χ1n) is 14.8. The van der Waals surface area contributed by atoms with Crippen LogP contribution in [0.2, 0.25) is 0 Å². The lowest BCUT2D eigenvalue weighted by atomic mass is 10.1. The second kappa shape index (κ2) is 24.6. The average Bonchev–Trinajstić information content (AvgIpc) is 2.89. The minimum Gasteiger partial charge on any atom is -0.476 e. The van der Waals surface area contributed by atoms with E-state index in [2.05, 4.69) is 13.8 Å². The number of unbranched alkanes of at least 4 members (excludes halogenated alkanes) is 13. The van der Waals surface area contributed by atoms with Gasteiger partial charge in [0.25, 0.3) is 0 Å². The molecule has 0 radical (unpaired) electrons. The van der Waals surface area contributed by atoms with Crippen molar-refractivity contribution in [2.45, 2.75) is 153 Å². The Balaban J connectivity index is 4.46. The van der Waals surface area contributed by atoms with Crippen LogP contribution in [0.5, 0.6) is 0 Å². The molecule has 0 saturated heterocycles. The molecule has 220 valence electrons. The van der Waals surface area contributed by atoms with Crippen LogP contribution in [0.4, 0.5) is 0 Å². The van der Waals surface area contributed by atoms with Crippen LogP contribution in [0.15, 0.2) is 0 Å². The summed E-state index contributed by atoms with van der Waals surface area (Å²) < 4.78 is 35.4. The van der Waals surface area contributed by atoms with Crippen molar-refractivity contribution in [3.05, 3.63) is 0 Å². The molecule has 0 amide bonds. The Hall–Kier alpha value is -0.400. The lowest BCUT2D eigenvalue weighted by Crippen LogP contribution is -2.39. The molecule has 9 heteroatoms. The van der Waals surface area contributed by atoms with Crippen molar-refractivity contribution in [1.29, 1.82) is 0 Å². The highest BCUT2D eigenvalue weighted by atomic mass is 32.2. The van der Waals surface area contributed by atoms with E-state index in [4.69, 9.17) is 14.6 Å². The Kier molecular flexibility index (Phi) is 24.4. The Labute approximate surface area is 230 Å². The van der Waals surface area contributed by atoms with E-state index >= 15 is 0 Å². The van der Waals surface area contributed by atoms with Gasteiger partial charge in [0.15, 0.2) is 6.29 Å². The van der Waals surface area contributed by atoms with E-state index in [1.54, 1.807) is 0 Å². The Morgan fingerprint density at radius 2 is 1.32 bits per heavy atom. The van der Waals surface area contributed by atoms with E-state index < -0.39 is 43.5 Å². The SMILES string of the molecule is CCCCCCCCCCCCS(=O)C(CCCCCCC)CCOC(CC)OCC(O)([PH+]=O)C(=O)O. The molecule has 0 aliphatic rings. The molecule has 5 atom stereocenters. The maximum Gasteiger partial charge on any atom is 0.390 e. The fourth-order valence-electron chi connectivity index (χ4n) is 4.24. The van der Waals surface area contributed by atoms with Gasteiger partial charge >= 0.3 is 19.8 Å². The van der Waals surface area contributed by atoms with E-state index in [1.807, 2.05) is 6.92 Å². The molecule has 0 rings (SSSR count). The van der Waals surface area contributed by atoms with Crippen LogP contribution in [-0.2, 0) is 29.6 Å². The topological polar surface area (TPSA) is 110 Å². The van der Waals surface area contributed by atoms with Crippen LogP contribution in [0.25, 0.3) is 0 Å². The van der Waals surface area contributed by atoms with Crippen molar-refractivity contribution < 1.29 is 33.3 Å². The number of aliphatic carboxylic acids is 1. The summed E-state index contributed by atoms with van der Waals surface area (Å²) in [5, 5.41) is 16.6. The molecule has 5 unspecified atom stereocenters. The Morgan fingerprint density at radius 1 is 0.811 bits per heavy atom. The summed E-state index contributed by atoms with van der Waals surface area (Å²) in [6.45, 7) is 6.02. The van der Waals surface area contributed by atoms with Crippen LogP contribution >= 0.6 is 8.46 Å². The summed E-state index contributed by atoms with van der Waals surface area (Å²) in [6, 6.07) is 0. The third kappa shape index (κ3) is 19.3. The summed E-state index contributed by atoms with van der Waals surface area (Å²) in [5.41, 5.74) is 0. The molecular weight excluding hydrogens is 511 g/mol. The van der Waals surface area contributed by atoms with Crippen molar-refractivity contribution in [3.8, 4) is 0 Å². The lowest BCUT2D eigenvalue weighted by molar-refractivity contribution is -0.178. The monoisotopic (exact) mass is 567 g/mol. The number of ether oxygens (including phenoxy) is 2. The minimum absolute atomic E-state index is 0.0803. The number of carboxylic acids is 1. The van der Waals surface area contributed by atoms with Crippen molar-refractivity contribution in [3.63, 3.8) is 0 Å². The van der Waals surface area contributed by atoms with E-state index in [-0.39, 0.29) is 5.25 Å². The summed E-state index contributed by atoms with van der Waals surface area (Å²) in [4.78, 5) is 11.1. The molecule has 0 heterocycles. The molecule has 0 saturated carbocycles. The second-order valence-electron chi connectivity index (χ2n) is 10.2. The van der Waals surface area contributed by atoms with Crippen molar-refractivity contribution in [2.75, 3.05) is 19.0 Å². The predicted molar refractivity (Wildman–Crippen MR) is 154 cm³/mol. The highest BCUT2D eigenvalue weighted by molar-refractivity contribution is 7.85. The normalized spacial score (nSPS) is 15.9. The highest BCUT2D eigenvalue weighted by Crippen LogP contribution is 2.22. The predicted octanol–water partition coefficient (Wildman–Crippen LogP) is 7.34. The summed E-state index contributed by atoms with van der Waals surface area (Å²) in [7, 11) is -2.34. The first-order chi connectivity index (χ1) is 17.8. The Bertz CT molecular complexity index is 593. The molecule has 0 aliphatic carbocycles. The van der Waals surface area contributed by atoms with Gasteiger partial charge in [-0.15, -0.1) is 0 Å². The zero-order valence-electron chi connectivity index (χ0n) is 23.8. The average molecular weight is 568 g/mol. The van der Waals surface area contributed by atoms with Gasteiger partial charge in [0.1, 0.15) is 6.61 Å². The fraction of sp³-hybridized carbons (Fsp3) is 0.964. The number of carboxylic acid groups (broad SMARTS) is 1. The van der Waals surface area contributed by atoms with E-state index in [0.717, 1.165) is 37.9 Å². The second-order valence-corrected chi connectivity index (χ2v) is 13.0. The maximum absolute atomic E-state index is 13.1. The lowest BCUT2D eigenvalue weighted by Gasteiger charge is -2.21. The summed E-state index contributed by atoms with van der Waals surface area (Å²) in [5.74, 6) is -0.846. The molecule has 37 heavy (non-hydrogen) atoms. The third-order valence-corrected chi connectivity index (χ3v) is 9.38. The standard InChI is InChI=1S/C28H55O7PS/c1-4-7-9-11-12-13-14-15-17-19-23-37(33)25(20-18-16-10-8-5-2)21-22-34-26(6-3)35-24-28(31,36-32)27(29)30/h25-26,31H,4-24H2,1-3H3,(H,29,30)/p+1. The van der Waals surface area contributed by atoms with Gasteiger partial charge in [0, 0.05) is 21.8 Å². The molecule has 0 aromatic heterocycles. The molecule has 7 nitrogen and oxygen atoms in total. The largest absolute Gasteiger partial charge is 0.476 e. The number of carbonyl (C=O) groups is 1. The van der Waals surface area contributed by atoms with Crippen LogP contribution in [0, 0.1) is 0 Å². The molecule has 0 bridgehead atoms. The maximum atomic E-state index is 13.1. The Morgan fingerprint density at radius 3 is 1.81 bits per heavy atom. The van der Waals surface area contributed by atoms with Gasteiger partial charge in [-0.3, -0.25) is 4.21 Å². The van der Waals surface area contributed by atoms with Gasteiger partial charge < -0.3 is 19.7 Å². The van der Waals surface area contributed by atoms with Crippen molar-refractivity contribution in [2.24, 2.45) is 0 Å². The van der Waals surface area contributed by atoms with Crippen molar-refractivity contribution >= 4 is 25.2 Å². The van der Waals surface area contributed by atoms with Gasteiger partial charge in [-0.05, 0) is 25.7 Å². The summed E-state index contributed by atoms with van der Waals surface area (Å²) in [6.07, 6.45) is 19.8. The molecule has 0 spiro atoms. The highest BCUT2D eigenvalue weighted by Gasteiger charge is 2.46. The van der Waals surface area contributed by atoms with Crippen LogP contribution in [-0.4, -0.2) is 56.2 Å². The zero-order valence-corrected chi connectivity index (χ0v) is 25.7. The van der Waals surface area contributed by atoms with E-state index in [0.29, 0.717) is 19.4 Å². The molecular formula is C28H56O7PS+. The fourth-order valence-corrected chi connectivity index (χ4v) is 6.08. The number of aliphatic hydroxyl groups is 1. The molecule has 0 aliphatic heterocycles. The number of hydrogen-bond donors (Lipinski definition) is 2. The van der Waals surface area contributed by atoms with Crippen molar-refractivity contribution in [1.82, 2.24) is 0 Å². The van der Waals surface area contributed by atoms with E-state index in [9.17, 15) is 18.7 Å². The van der Waals surface area contributed by atoms with Gasteiger partial charge in [-0.2, -0.15) is 0 Å². The zero-order chi connectivity index (χ0) is 27.8. The molecule has 0 aromatic rings. The summed E-state index contributed by atoms with van der Waals surface area (Å²) >= 11 is 0. The van der Waals surface area contributed by atoms with Crippen LogP contribution < -0.4 is 0 Å². The minimum atomic E-state index is -2.42. The van der Waals surface area contributed by atoms with E-state index in [1.165, 1.54) is 70.6 Å².